The van der Waals surface area contributed by atoms with E-state index in [0.717, 1.165) is 12.5 Å². The van der Waals surface area contributed by atoms with Gasteiger partial charge in [0.2, 0.25) is 0 Å². The molecule has 0 aliphatic heterocycles. The van der Waals surface area contributed by atoms with Crippen LogP contribution in [0.25, 0.3) is 0 Å². The van der Waals surface area contributed by atoms with Crippen molar-refractivity contribution in [2.45, 2.75) is 59.0 Å². The van der Waals surface area contributed by atoms with Crippen LogP contribution in [0.3, 0.4) is 0 Å². The number of carbonyl (C=O) groups excluding carboxylic acids is 1. The molecule has 0 N–H and O–H groups in total. The second kappa shape index (κ2) is 6.70. The van der Waals surface area contributed by atoms with Gasteiger partial charge >= 0.3 is 5.97 Å². The van der Waals surface area contributed by atoms with Crippen molar-refractivity contribution >= 4 is 22.6 Å². The highest BCUT2D eigenvalue weighted by atomic mass is 28.4. The Balaban J connectivity index is 3.99. The number of esters is 1. The molecule has 0 saturated heterocycles. The highest BCUT2D eigenvalue weighted by Crippen LogP contribution is 2.18. The van der Waals surface area contributed by atoms with Crippen molar-refractivity contribution < 1.29 is 13.6 Å². The maximum Gasteiger partial charge on any atom is 0.308 e. The standard InChI is InChI=1S/C12H28O3Si2/c1-8-11(2)12(13)14-9-10-17(6,7)15-16(3,4)5/h11H,8-10H2,1-7H3. The summed E-state index contributed by atoms with van der Waals surface area (Å²) in [6.07, 6.45) is 0.838. The Hall–Kier alpha value is -0.136. The lowest BCUT2D eigenvalue weighted by Crippen LogP contribution is -2.43. The fourth-order valence-corrected chi connectivity index (χ4v) is 9.22. The molecule has 5 heteroatoms. The quantitative estimate of drug-likeness (QED) is 0.526. The molecule has 1 unspecified atom stereocenters. The van der Waals surface area contributed by atoms with Crippen LogP contribution in [0.1, 0.15) is 20.3 Å². The Kier molecular flexibility index (Phi) is 6.65. The molecule has 0 rings (SSSR count). The van der Waals surface area contributed by atoms with Gasteiger partial charge in [-0.2, -0.15) is 0 Å². The zero-order chi connectivity index (χ0) is 13.7. The van der Waals surface area contributed by atoms with Gasteiger partial charge in [0.15, 0.2) is 16.6 Å². The maximum absolute atomic E-state index is 11.5. The van der Waals surface area contributed by atoms with Crippen molar-refractivity contribution in [1.82, 2.24) is 0 Å². The zero-order valence-corrected chi connectivity index (χ0v) is 14.4. The molecule has 102 valence electrons. The Morgan fingerprint density at radius 1 is 1.18 bits per heavy atom. The minimum atomic E-state index is -1.67. The first-order valence-corrected chi connectivity index (χ1v) is 13.0. The van der Waals surface area contributed by atoms with E-state index in [0.29, 0.717) is 6.61 Å². The van der Waals surface area contributed by atoms with Gasteiger partial charge in [-0.05, 0) is 45.2 Å². The summed E-state index contributed by atoms with van der Waals surface area (Å²) in [5, 5.41) is 0. The number of rotatable bonds is 7. The molecule has 0 aliphatic carbocycles. The lowest BCUT2D eigenvalue weighted by molar-refractivity contribution is -0.147. The molecular formula is C12H28O3Si2. The van der Waals surface area contributed by atoms with Gasteiger partial charge in [0.05, 0.1) is 12.5 Å². The Morgan fingerprint density at radius 3 is 2.12 bits per heavy atom. The fourth-order valence-electron chi connectivity index (χ4n) is 1.59. The molecular weight excluding hydrogens is 248 g/mol. The molecule has 0 amide bonds. The van der Waals surface area contributed by atoms with Crippen LogP contribution in [0, 0.1) is 5.92 Å². The van der Waals surface area contributed by atoms with Crippen molar-refractivity contribution in [2.24, 2.45) is 5.92 Å². The average Bonchev–Trinajstić information content (AvgIpc) is 2.12. The largest absolute Gasteiger partial charge is 0.466 e. The Labute approximate surface area is 108 Å². The lowest BCUT2D eigenvalue weighted by atomic mass is 10.1. The normalized spacial score (nSPS) is 14.5. The van der Waals surface area contributed by atoms with Crippen molar-refractivity contribution in [3.63, 3.8) is 0 Å². The topological polar surface area (TPSA) is 35.5 Å². The summed E-state index contributed by atoms with van der Waals surface area (Å²) >= 11 is 0. The minimum absolute atomic E-state index is 0.0117. The van der Waals surface area contributed by atoms with Crippen LogP contribution in [0.5, 0.6) is 0 Å². The third-order valence-electron chi connectivity index (χ3n) is 2.55. The van der Waals surface area contributed by atoms with Crippen LogP contribution in [0.4, 0.5) is 0 Å². The number of carbonyl (C=O) groups is 1. The van der Waals surface area contributed by atoms with Crippen molar-refractivity contribution in [2.75, 3.05) is 6.61 Å². The molecule has 0 aromatic rings. The summed E-state index contributed by atoms with van der Waals surface area (Å²) in [6, 6.07) is 0.888. The van der Waals surface area contributed by atoms with E-state index in [1.165, 1.54) is 0 Å². The van der Waals surface area contributed by atoms with Gasteiger partial charge in [-0.1, -0.05) is 13.8 Å². The van der Waals surface area contributed by atoms with Gasteiger partial charge in [-0.25, -0.2) is 0 Å². The van der Waals surface area contributed by atoms with Gasteiger partial charge in [0.25, 0.3) is 0 Å². The van der Waals surface area contributed by atoms with Gasteiger partial charge in [-0.15, -0.1) is 0 Å². The van der Waals surface area contributed by atoms with E-state index in [4.69, 9.17) is 8.85 Å². The van der Waals surface area contributed by atoms with Crippen LogP contribution in [0.15, 0.2) is 0 Å². The molecule has 0 aromatic heterocycles. The molecule has 0 aromatic carbocycles. The first kappa shape index (κ1) is 16.9. The second-order valence-electron chi connectivity index (χ2n) is 6.20. The molecule has 17 heavy (non-hydrogen) atoms. The molecule has 0 heterocycles. The van der Waals surface area contributed by atoms with Crippen molar-refractivity contribution in [3.05, 3.63) is 0 Å². The Bertz CT molecular complexity index is 247. The van der Waals surface area contributed by atoms with E-state index in [1.807, 2.05) is 13.8 Å². The van der Waals surface area contributed by atoms with Crippen LogP contribution < -0.4 is 0 Å². The zero-order valence-electron chi connectivity index (χ0n) is 12.4. The monoisotopic (exact) mass is 276 g/mol. The SMILES string of the molecule is CCC(C)C(=O)OCC[Si](C)(C)O[Si](C)(C)C. The summed E-state index contributed by atoms with van der Waals surface area (Å²) in [6.45, 7) is 15.4. The molecule has 0 spiro atoms. The van der Waals surface area contributed by atoms with Gasteiger partial charge in [-0.3, -0.25) is 4.79 Å². The van der Waals surface area contributed by atoms with Crippen molar-refractivity contribution in [3.8, 4) is 0 Å². The lowest BCUT2D eigenvalue weighted by Gasteiger charge is -2.31. The summed E-state index contributed by atoms with van der Waals surface area (Å²) in [5.41, 5.74) is 0. The number of hydrogen-bond acceptors (Lipinski definition) is 3. The van der Waals surface area contributed by atoms with Crippen LogP contribution >= 0.6 is 0 Å². The van der Waals surface area contributed by atoms with Gasteiger partial charge in [0, 0.05) is 0 Å². The fraction of sp³-hybridized carbons (Fsp3) is 0.917. The van der Waals surface area contributed by atoms with E-state index >= 15 is 0 Å². The maximum atomic E-state index is 11.5. The first-order valence-electron chi connectivity index (χ1n) is 6.44. The van der Waals surface area contributed by atoms with Gasteiger partial charge in [0.1, 0.15) is 0 Å². The van der Waals surface area contributed by atoms with E-state index in [-0.39, 0.29) is 11.9 Å². The van der Waals surface area contributed by atoms with E-state index in [9.17, 15) is 4.79 Å². The highest BCUT2D eigenvalue weighted by Gasteiger charge is 2.29. The Morgan fingerprint density at radius 2 is 1.71 bits per heavy atom. The summed E-state index contributed by atoms with van der Waals surface area (Å²) < 4.78 is 11.5. The number of ether oxygens (including phenoxy) is 1. The molecule has 0 bridgehead atoms. The summed E-state index contributed by atoms with van der Waals surface area (Å²) in [5.74, 6) is -0.0667. The van der Waals surface area contributed by atoms with Gasteiger partial charge < -0.3 is 8.85 Å². The third kappa shape index (κ3) is 8.57. The molecule has 0 aliphatic rings. The summed E-state index contributed by atoms with van der Waals surface area (Å²) in [7, 11) is -3.14. The third-order valence-corrected chi connectivity index (χ3v) is 8.61. The molecule has 1 atom stereocenters. The molecule has 0 saturated carbocycles. The van der Waals surface area contributed by atoms with Crippen molar-refractivity contribution in [1.29, 1.82) is 0 Å². The first-order chi connectivity index (χ1) is 7.57. The number of hydrogen-bond donors (Lipinski definition) is 0. The molecule has 0 radical (unpaired) electrons. The van der Waals surface area contributed by atoms with E-state index < -0.39 is 16.6 Å². The predicted octanol–water partition coefficient (Wildman–Crippen LogP) is 3.63. The molecule has 3 nitrogen and oxygen atoms in total. The highest BCUT2D eigenvalue weighted by molar-refractivity contribution is 6.84. The van der Waals surface area contributed by atoms with E-state index in [1.54, 1.807) is 0 Å². The summed E-state index contributed by atoms with van der Waals surface area (Å²) in [4.78, 5) is 11.5. The average molecular weight is 277 g/mol. The predicted molar refractivity (Wildman–Crippen MR) is 77.1 cm³/mol. The van der Waals surface area contributed by atoms with Crippen LogP contribution in [-0.4, -0.2) is 29.2 Å². The van der Waals surface area contributed by atoms with Crippen LogP contribution in [0.2, 0.25) is 38.8 Å². The smallest absolute Gasteiger partial charge is 0.308 e. The second-order valence-corrected chi connectivity index (χ2v) is 15.3. The molecule has 0 fully saturated rings. The van der Waals surface area contributed by atoms with E-state index in [2.05, 4.69) is 32.7 Å². The van der Waals surface area contributed by atoms with Crippen LogP contribution in [-0.2, 0) is 13.6 Å². The minimum Gasteiger partial charge on any atom is -0.466 e.